The van der Waals surface area contributed by atoms with Gasteiger partial charge in [-0.1, -0.05) is 0 Å². The lowest BCUT2D eigenvalue weighted by Crippen LogP contribution is -1.91. The van der Waals surface area contributed by atoms with Gasteiger partial charge in [0.15, 0.2) is 0 Å². The van der Waals surface area contributed by atoms with Crippen molar-refractivity contribution in [3.05, 3.63) is 0 Å². The molecule has 54 valence electrons. The van der Waals surface area contributed by atoms with Gasteiger partial charge < -0.3 is 0 Å². The Kier molecular flexibility index (Phi) is 2.44. The first kappa shape index (κ1) is 8.26. The second kappa shape index (κ2) is 2.65. The Morgan fingerprint density at radius 3 is 1.44 bits per heavy atom. The van der Waals surface area contributed by atoms with Crippen LogP contribution in [0.25, 0.3) is 0 Å². The molecule has 0 heterocycles. The van der Waals surface area contributed by atoms with Crippen molar-refractivity contribution < 1.29 is 0 Å². The van der Waals surface area contributed by atoms with Gasteiger partial charge >= 0.3 is 0 Å². The number of alkyl halides is 4. The summed E-state index contributed by atoms with van der Waals surface area (Å²) >= 11 is 22.6. The van der Waals surface area contributed by atoms with Gasteiger partial charge in [0.05, 0.1) is 0 Å². The summed E-state index contributed by atoms with van der Waals surface area (Å²) in [6, 6.07) is 0. The topological polar surface area (TPSA) is 0 Å². The van der Waals surface area contributed by atoms with E-state index in [1.807, 2.05) is 0 Å². The molecule has 9 heavy (non-hydrogen) atoms. The maximum atomic E-state index is 5.77. The van der Waals surface area contributed by atoms with Crippen LogP contribution in [0.3, 0.4) is 0 Å². The highest BCUT2D eigenvalue weighted by molar-refractivity contribution is 6.52. The van der Waals surface area contributed by atoms with E-state index in [0.717, 1.165) is 0 Å². The fourth-order valence-electron chi connectivity index (χ4n) is 0.881. The molecule has 0 amide bonds. The second-order valence-corrected chi connectivity index (χ2v) is 4.26. The van der Waals surface area contributed by atoms with E-state index >= 15 is 0 Å². The van der Waals surface area contributed by atoms with Gasteiger partial charge in [0.2, 0.25) is 0 Å². The molecule has 0 unspecified atom stereocenters. The highest BCUT2D eigenvalue weighted by Gasteiger charge is 2.61. The van der Waals surface area contributed by atoms with Crippen LogP contribution < -0.4 is 0 Å². The molecule has 0 aromatic rings. The first-order chi connectivity index (χ1) is 4.14. The van der Waals surface area contributed by atoms with Gasteiger partial charge in [0.25, 0.3) is 0 Å². The Balaban J connectivity index is 2.45. The van der Waals surface area contributed by atoms with Crippen molar-refractivity contribution in [1.29, 1.82) is 0 Å². The minimum Gasteiger partial charge on any atom is -0.126 e. The van der Waals surface area contributed by atoms with E-state index in [1.165, 1.54) is 0 Å². The predicted octanol–water partition coefficient (Wildman–Crippen LogP) is 2.88. The van der Waals surface area contributed by atoms with Crippen molar-refractivity contribution in [2.75, 3.05) is 11.8 Å². The molecule has 0 aliphatic heterocycles. The molecular weight excluding hydrogens is 202 g/mol. The summed E-state index contributed by atoms with van der Waals surface area (Å²) in [5.74, 6) is 1.40. The Morgan fingerprint density at radius 1 is 1.00 bits per heavy atom. The summed E-state index contributed by atoms with van der Waals surface area (Å²) in [6.45, 7) is 0. The van der Waals surface area contributed by atoms with Crippen LogP contribution in [0.1, 0.15) is 0 Å². The van der Waals surface area contributed by atoms with E-state index in [4.69, 9.17) is 46.4 Å². The number of hydrogen-bond donors (Lipinski definition) is 0. The Bertz CT molecular complexity index is 99.5. The zero-order valence-corrected chi connectivity index (χ0v) is 7.60. The van der Waals surface area contributed by atoms with Crippen LogP contribution in [0.5, 0.6) is 0 Å². The standard InChI is InChI=1S/C5H6Cl4/c6-1-3-4(2-7)5(3,8)9/h3-4H,1-2H2/t3-,4-/m1/s1. The number of halogens is 4. The zero-order chi connectivity index (χ0) is 7.07. The normalized spacial score (nSPS) is 38.7. The summed E-state index contributed by atoms with van der Waals surface area (Å²) in [6.07, 6.45) is 0. The third-order valence-corrected chi connectivity index (χ3v) is 3.48. The molecule has 0 N–H and O–H groups in total. The van der Waals surface area contributed by atoms with Crippen molar-refractivity contribution in [2.24, 2.45) is 11.8 Å². The molecule has 0 spiro atoms. The SMILES string of the molecule is ClC[C@@H]1[C@@H](CCl)C1(Cl)Cl. The van der Waals surface area contributed by atoms with E-state index in [0.29, 0.717) is 11.8 Å². The van der Waals surface area contributed by atoms with Crippen molar-refractivity contribution in [3.8, 4) is 0 Å². The Morgan fingerprint density at radius 2 is 1.33 bits per heavy atom. The molecule has 0 saturated heterocycles. The summed E-state index contributed by atoms with van der Waals surface area (Å²) in [5.41, 5.74) is 0. The van der Waals surface area contributed by atoms with E-state index in [1.54, 1.807) is 0 Å². The third-order valence-electron chi connectivity index (χ3n) is 1.70. The van der Waals surface area contributed by atoms with E-state index in [2.05, 4.69) is 0 Å². The average Bonchev–Trinajstić information content (AvgIpc) is 2.32. The molecule has 1 saturated carbocycles. The van der Waals surface area contributed by atoms with E-state index in [-0.39, 0.29) is 11.8 Å². The van der Waals surface area contributed by atoms with Gasteiger partial charge in [-0.05, 0) is 0 Å². The van der Waals surface area contributed by atoms with Crippen LogP contribution in [0, 0.1) is 11.8 Å². The minimum absolute atomic E-state index is 0.194. The molecule has 2 atom stereocenters. The number of rotatable bonds is 2. The zero-order valence-electron chi connectivity index (χ0n) is 4.58. The lowest BCUT2D eigenvalue weighted by Gasteiger charge is -1.90. The van der Waals surface area contributed by atoms with Gasteiger partial charge in [-0.2, -0.15) is 0 Å². The lowest BCUT2D eigenvalue weighted by molar-refractivity contribution is 0.848. The van der Waals surface area contributed by atoms with E-state index < -0.39 is 4.33 Å². The summed E-state index contributed by atoms with van der Waals surface area (Å²) in [7, 11) is 0. The summed E-state index contributed by atoms with van der Waals surface area (Å²) in [4.78, 5) is 0. The molecule has 0 aromatic carbocycles. The molecule has 0 radical (unpaired) electrons. The maximum absolute atomic E-state index is 5.77. The first-order valence-electron chi connectivity index (χ1n) is 2.64. The van der Waals surface area contributed by atoms with Crippen molar-refractivity contribution in [1.82, 2.24) is 0 Å². The summed E-state index contributed by atoms with van der Waals surface area (Å²) in [5, 5.41) is 0. The Hall–Kier alpha value is 1.16. The molecule has 1 aliphatic carbocycles. The predicted molar refractivity (Wildman–Crippen MR) is 42.9 cm³/mol. The van der Waals surface area contributed by atoms with Crippen LogP contribution in [-0.4, -0.2) is 16.1 Å². The fraction of sp³-hybridized carbons (Fsp3) is 1.00. The highest BCUT2D eigenvalue weighted by Crippen LogP contribution is 2.59. The average molecular weight is 208 g/mol. The fourth-order valence-corrected chi connectivity index (χ4v) is 2.91. The molecule has 0 aromatic heterocycles. The van der Waals surface area contributed by atoms with Crippen LogP contribution in [0.4, 0.5) is 0 Å². The Labute approximate surface area is 74.4 Å². The molecule has 0 nitrogen and oxygen atoms in total. The van der Waals surface area contributed by atoms with Gasteiger partial charge in [-0.25, -0.2) is 0 Å². The smallest absolute Gasteiger partial charge is 0.126 e. The van der Waals surface area contributed by atoms with Gasteiger partial charge in [-0.15, -0.1) is 46.4 Å². The summed E-state index contributed by atoms with van der Waals surface area (Å²) < 4.78 is -0.635. The maximum Gasteiger partial charge on any atom is 0.127 e. The minimum atomic E-state index is -0.635. The first-order valence-corrected chi connectivity index (χ1v) is 4.46. The monoisotopic (exact) mass is 206 g/mol. The van der Waals surface area contributed by atoms with Crippen LogP contribution in [0.2, 0.25) is 0 Å². The molecule has 0 bridgehead atoms. The molecular formula is C5H6Cl4. The molecule has 1 fully saturated rings. The largest absolute Gasteiger partial charge is 0.127 e. The van der Waals surface area contributed by atoms with Gasteiger partial charge in [0, 0.05) is 23.6 Å². The van der Waals surface area contributed by atoms with Crippen LogP contribution in [-0.2, 0) is 0 Å². The van der Waals surface area contributed by atoms with Crippen LogP contribution >= 0.6 is 46.4 Å². The second-order valence-electron chi connectivity index (χ2n) is 2.20. The van der Waals surface area contributed by atoms with Crippen molar-refractivity contribution >= 4 is 46.4 Å². The van der Waals surface area contributed by atoms with Crippen molar-refractivity contribution in [3.63, 3.8) is 0 Å². The quantitative estimate of drug-likeness (QED) is 0.612. The lowest BCUT2D eigenvalue weighted by atomic mass is 10.4. The third kappa shape index (κ3) is 1.28. The van der Waals surface area contributed by atoms with Gasteiger partial charge in [-0.3, -0.25) is 0 Å². The number of hydrogen-bond acceptors (Lipinski definition) is 0. The molecule has 1 rings (SSSR count). The van der Waals surface area contributed by atoms with Crippen LogP contribution in [0.15, 0.2) is 0 Å². The van der Waals surface area contributed by atoms with Gasteiger partial charge in [0.1, 0.15) is 4.33 Å². The van der Waals surface area contributed by atoms with E-state index in [9.17, 15) is 0 Å². The van der Waals surface area contributed by atoms with Crippen molar-refractivity contribution in [2.45, 2.75) is 4.33 Å². The molecule has 1 aliphatic rings. The highest BCUT2D eigenvalue weighted by atomic mass is 35.5. The molecule has 4 heteroatoms.